The summed E-state index contributed by atoms with van der Waals surface area (Å²) in [7, 11) is 1.99. The summed E-state index contributed by atoms with van der Waals surface area (Å²) in [4.78, 5) is 0. The molecule has 0 bridgehead atoms. The zero-order chi connectivity index (χ0) is 6.41. The van der Waals surface area contributed by atoms with E-state index in [4.69, 9.17) is 0 Å². The molecule has 1 unspecified atom stereocenters. The predicted molar refractivity (Wildman–Crippen MR) is 41.6 cm³/mol. The van der Waals surface area contributed by atoms with Crippen molar-refractivity contribution in [2.45, 2.75) is 10.9 Å². The Hall–Kier alpha value is 1.11. The summed E-state index contributed by atoms with van der Waals surface area (Å²) in [6.45, 7) is 2.28. The Morgan fingerprint density at radius 1 is 1.75 bits per heavy atom. The van der Waals surface area contributed by atoms with Crippen molar-refractivity contribution in [1.29, 1.82) is 0 Å². The fourth-order valence-electron chi connectivity index (χ4n) is 0.338. The molecule has 1 N–H and O–H groups in total. The Bertz CT molecular complexity index is 49.7. The first-order chi connectivity index (χ1) is 3.77. The van der Waals surface area contributed by atoms with Crippen LogP contribution in [-0.2, 0) is 0 Å². The zero-order valence-corrected chi connectivity index (χ0v) is 9.07. The average molecular weight is 237 g/mol. The van der Waals surface area contributed by atoms with Gasteiger partial charge < -0.3 is 0 Å². The maximum atomic E-state index is 3.10. The number of thioether (sulfide) groups is 1. The third-order valence-electron chi connectivity index (χ3n) is 0.614. The number of hydrogen-bond acceptors (Lipinski definition) is 2. The molecular weight excluding hydrogens is 225 g/mol. The Morgan fingerprint density at radius 2 is 2.38 bits per heavy atom. The van der Waals surface area contributed by atoms with Crippen molar-refractivity contribution in [3.63, 3.8) is 0 Å². The number of rotatable bonds is 4. The quantitative estimate of drug-likeness (QED) is 0.442. The van der Waals surface area contributed by atoms with Crippen LogP contribution in [0.2, 0.25) is 3.93 Å². The van der Waals surface area contributed by atoms with Crippen LogP contribution in [0.4, 0.5) is 0 Å². The first kappa shape index (κ1) is 9.11. The summed E-state index contributed by atoms with van der Waals surface area (Å²) in [5, 5.41) is 3.10. The van der Waals surface area contributed by atoms with Crippen molar-refractivity contribution in [2.24, 2.45) is 0 Å². The second kappa shape index (κ2) is 6.23. The molecule has 0 aliphatic carbocycles. The summed E-state index contributed by atoms with van der Waals surface area (Å²) in [5.41, 5.74) is 0. The van der Waals surface area contributed by atoms with Gasteiger partial charge in [0, 0.05) is 0 Å². The van der Waals surface area contributed by atoms with Crippen LogP contribution in [0.5, 0.6) is 0 Å². The molecule has 0 amide bonds. The van der Waals surface area contributed by atoms with E-state index in [-0.39, 0.29) is 0 Å². The third kappa shape index (κ3) is 7.11. The van der Waals surface area contributed by atoms with Gasteiger partial charge in [0.1, 0.15) is 0 Å². The van der Waals surface area contributed by atoms with Crippen molar-refractivity contribution >= 4 is 34.3 Å². The van der Waals surface area contributed by atoms with Crippen molar-refractivity contribution in [3.8, 4) is 0 Å². The minimum atomic E-state index is 0.917. The van der Waals surface area contributed by atoms with Crippen LogP contribution in [0, 0.1) is 0 Å². The molecular formula is C5H12NSSn. The van der Waals surface area contributed by atoms with Gasteiger partial charge in [0.2, 0.25) is 0 Å². The van der Waals surface area contributed by atoms with E-state index in [0.717, 1.165) is 9.81 Å². The van der Waals surface area contributed by atoms with Gasteiger partial charge in [0.05, 0.1) is 0 Å². The molecule has 0 fully saturated rings. The molecule has 0 rings (SSSR count). The number of nitrogens with one attached hydrogen (secondary N) is 1. The van der Waals surface area contributed by atoms with Gasteiger partial charge in [-0.2, -0.15) is 0 Å². The van der Waals surface area contributed by atoms with E-state index in [9.17, 15) is 0 Å². The monoisotopic (exact) mass is 238 g/mol. The zero-order valence-electron chi connectivity index (χ0n) is 5.40. The van der Waals surface area contributed by atoms with E-state index in [1.165, 1.54) is 5.75 Å². The molecule has 0 aliphatic rings. The van der Waals surface area contributed by atoms with Crippen LogP contribution >= 0.6 is 11.8 Å². The van der Waals surface area contributed by atoms with Gasteiger partial charge in [-0.1, -0.05) is 0 Å². The Balaban J connectivity index is 2.72. The first-order valence-corrected chi connectivity index (χ1v) is 5.51. The predicted octanol–water partition coefficient (Wildman–Crippen LogP) is 0.873. The van der Waals surface area contributed by atoms with Gasteiger partial charge in [-0.3, -0.25) is 0 Å². The van der Waals surface area contributed by atoms with Gasteiger partial charge >= 0.3 is 69.1 Å². The van der Waals surface area contributed by atoms with Crippen LogP contribution in [0.3, 0.4) is 0 Å². The standard InChI is InChI=1S/C5H12NS.Sn/c1-3-4-7-5-6-2;/h3,6H,4-5H2,1-2H3;. The van der Waals surface area contributed by atoms with Crippen LogP contribution in [0.15, 0.2) is 0 Å². The second-order valence-electron chi connectivity index (χ2n) is 1.77. The van der Waals surface area contributed by atoms with E-state index >= 15 is 0 Å². The summed E-state index contributed by atoms with van der Waals surface area (Å²) in [5.74, 6) is 2.40. The minimum absolute atomic E-state index is 0.917. The van der Waals surface area contributed by atoms with Gasteiger partial charge in [-0.05, 0) is 0 Å². The molecule has 0 aromatic heterocycles. The molecule has 8 heavy (non-hydrogen) atoms. The van der Waals surface area contributed by atoms with Crippen molar-refractivity contribution in [1.82, 2.24) is 5.32 Å². The van der Waals surface area contributed by atoms with Crippen molar-refractivity contribution in [3.05, 3.63) is 0 Å². The average Bonchev–Trinajstić information content (AvgIpc) is 1.66. The molecule has 0 saturated heterocycles. The molecule has 0 heterocycles. The molecule has 0 aromatic carbocycles. The molecule has 3 radical (unpaired) electrons. The van der Waals surface area contributed by atoms with Gasteiger partial charge in [0.25, 0.3) is 0 Å². The third-order valence-corrected chi connectivity index (χ3v) is 3.27. The summed E-state index contributed by atoms with van der Waals surface area (Å²) in [6, 6.07) is 0. The molecule has 0 aromatic rings. The van der Waals surface area contributed by atoms with Gasteiger partial charge in [0.15, 0.2) is 0 Å². The maximum absolute atomic E-state index is 3.10. The van der Waals surface area contributed by atoms with Gasteiger partial charge in [-0.25, -0.2) is 0 Å². The Morgan fingerprint density at radius 3 is 2.75 bits per heavy atom. The summed E-state index contributed by atoms with van der Waals surface area (Å²) in [6.07, 6.45) is 0. The fraction of sp³-hybridized carbons (Fsp3) is 1.00. The van der Waals surface area contributed by atoms with E-state index in [2.05, 4.69) is 12.2 Å². The molecule has 47 valence electrons. The van der Waals surface area contributed by atoms with E-state index in [0.29, 0.717) is 0 Å². The van der Waals surface area contributed by atoms with Crippen molar-refractivity contribution < 1.29 is 0 Å². The Labute approximate surface area is 69.1 Å². The topological polar surface area (TPSA) is 12.0 Å². The van der Waals surface area contributed by atoms with E-state index < -0.39 is 0 Å². The molecule has 0 spiro atoms. The molecule has 0 saturated carbocycles. The molecule has 1 nitrogen and oxygen atoms in total. The SMILES string of the molecule is CNCSC[CH](C)[Sn]. The molecule has 1 atom stereocenters. The summed E-state index contributed by atoms with van der Waals surface area (Å²) >= 11 is 3.63. The molecule has 0 aliphatic heterocycles. The normalized spacial score (nSPS) is 13.9. The summed E-state index contributed by atoms with van der Waals surface area (Å²) < 4.78 is 0.917. The van der Waals surface area contributed by atoms with E-state index in [1.807, 2.05) is 18.8 Å². The fourth-order valence-corrected chi connectivity index (χ4v) is 2.02. The van der Waals surface area contributed by atoms with Crippen LogP contribution in [0.1, 0.15) is 6.92 Å². The number of hydrogen-bond donors (Lipinski definition) is 1. The van der Waals surface area contributed by atoms with Crippen LogP contribution in [0.25, 0.3) is 0 Å². The molecule has 3 heteroatoms. The second-order valence-corrected chi connectivity index (χ2v) is 5.61. The van der Waals surface area contributed by atoms with E-state index in [1.54, 1.807) is 22.5 Å². The van der Waals surface area contributed by atoms with Crippen molar-refractivity contribution in [2.75, 3.05) is 18.7 Å². The first-order valence-electron chi connectivity index (χ1n) is 2.71. The van der Waals surface area contributed by atoms with Crippen LogP contribution in [-0.4, -0.2) is 41.2 Å². The Kier molecular flexibility index (Phi) is 7.10. The van der Waals surface area contributed by atoms with Gasteiger partial charge in [-0.15, -0.1) is 0 Å². The van der Waals surface area contributed by atoms with Crippen LogP contribution < -0.4 is 5.32 Å².